The third-order valence-corrected chi connectivity index (χ3v) is 6.34. The van der Waals surface area contributed by atoms with E-state index in [-0.39, 0.29) is 10.5 Å². The molecule has 0 radical (unpaired) electrons. The van der Waals surface area contributed by atoms with Gasteiger partial charge in [-0.15, -0.1) is 0 Å². The Balaban J connectivity index is 3.30. The van der Waals surface area contributed by atoms with E-state index in [1.165, 1.54) is 31.6 Å². The number of allylic oxidation sites excluding steroid dienone is 1. The van der Waals surface area contributed by atoms with Gasteiger partial charge < -0.3 is 0 Å². The fraction of sp³-hybridized carbons (Fsp3) is 0.273. The molecule has 0 saturated heterocycles. The fourth-order valence-electron chi connectivity index (χ4n) is 1.53. The third-order valence-electron chi connectivity index (χ3n) is 2.79. The lowest BCUT2D eigenvalue weighted by Gasteiger charge is -2.27. The van der Waals surface area contributed by atoms with Crippen LogP contribution in [-0.4, -0.2) is 22.4 Å². The maximum atomic E-state index is 11.0. The highest BCUT2D eigenvalue weighted by Gasteiger charge is 2.34. The summed E-state index contributed by atoms with van der Waals surface area (Å²) in [6, 6.07) is 3.04. The second kappa shape index (κ2) is 6.78. The van der Waals surface area contributed by atoms with Crippen molar-refractivity contribution in [2.24, 2.45) is 0 Å². The van der Waals surface area contributed by atoms with Crippen LogP contribution >= 0.6 is 10.3 Å². The average molecular weight is 369 g/mol. The van der Waals surface area contributed by atoms with Gasteiger partial charge in [-0.25, -0.2) is 0 Å². The van der Waals surface area contributed by atoms with E-state index >= 15 is 0 Å². The van der Waals surface area contributed by atoms with Gasteiger partial charge in [-0.05, 0) is 19.1 Å². The van der Waals surface area contributed by atoms with E-state index in [1.54, 1.807) is 0 Å². The Hall–Kier alpha value is -1.76. The summed E-state index contributed by atoms with van der Waals surface area (Å²) in [5.74, 6) is 0. The van der Waals surface area contributed by atoms with Gasteiger partial charge in [0.1, 0.15) is 3.74 Å². The van der Waals surface area contributed by atoms with Crippen molar-refractivity contribution >= 4 is 27.8 Å². The lowest BCUT2D eigenvalue weighted by molar-refractivity contribution is -1.91. The van der Waals surface area contributed by atoms with E-state index < -0.39 is 41.8 Å². The van der Waals surface area contributed by atoms with Gasteiger partial charge in [0.05, 0.1) is 31.7 Å². The highest BCUT2D eigenvalue weighted by Crippen LogP contribution is 2.52. The Morgan fingerprint density at radius 2 is 1.74 bits per heavy atom. The summed E-state index contributed by atoms with van der Waals surface area (Å²) in [4.78, 5) is 20.4. The van der Waals surface area contributed by atoms with Crippen LogP contribution < -0.4 is 14.0 Å². The molecule has 128 valence electrons. The summed E-state index contributed by atoms with van der Waals surface area (Å²) in [7, 11) is -7.15. The molecule has 0 fully saturated rings. The van der Waals surface area contributed by atoms with Gasteiger partial charge in [0.25, 0.3) is 11.4 Å². The molecule has 1 aromatic carbocycles. The first-order chi connectivity index (χ1) is 10.3. The lowest BCUT2D eigenvalue weighted by Crippen LogP contribution is -2.61. The second-order valence-corrected chi connectivity index (χ2v) is 9.06. The first-order valence-corrected chi connectivity index (χ1v) is 9.41. The molecule has 0 atom stereocenters. The van der Waals surface area contributed by atoms with Crippen LogP contribution in [0.3, 0.4) is 0 Å². The summed E-state index contributed by atoms with van der Waals surface area (Å²) >= 11 is 0. The number of non-ortho nitro benzene ring substituents is 1. The molecule has 1 aromatic rings. The molecule has 0 aromatic heterocycles. The predicted molar refractivity (Wildman–Crippen MR) is 73.9 cm³/mol. The van der Waals surface area contributed by atoms with E-state index in [4.69, 9.17) is 0 Å². The van der Waals surface area contributed by atoms with Crippen molar-refractivity contribution in [1.82, 2.24) is 0 Å². The van der Waals surface area contributed by atoms with Gasteiger partial charge >= 0.3 is 0 Å². The number of benzene rings is 1. The first kappa shape index (κ1) is 19.3. The Morgan fingerprint density at radius 1 is 1.17 bits per heavy atom. The fourth-order valence-corrected chi connectivity index (χ4v) is 3.88. The largest absolute Gasteiger partial charge is 0.283 e. The van der Waals surface area contributed by atoms with Crippen LogP contribution in [0.15, 0.2) is 23.1 Å². The van der Waals surface area contributed by atoms with Crippen LogP contribution in [0.1, 0.15) is 12.5 Å². The van der Waals surface area contributed by atoms with Gasteiger partial charge in [0.2, 0.25) is 0 Å². The van der Waals surface area contributed by atoms with Crippen LogP contribution in [0.25, 0.3) is 6.08 Å². The Kier molecular flexibility index (Phi) is 5.69. The Bertz CT molecular complexity index is 670. The normalized spacial score (nSPS) is 13.7. The van der Waals surface area contributed by atoms with Crippen LogP contribution in [0.4, 0.5) is 11.4 Å². The number of halogens is 1. The zero-order valence-corrected chi connectivity index (χ0v) is 13.8. The highest BCUT2D eigenvalue weighted by molar-refractivity contribution is 8.31. The van der Waals surface area contributed by atoms with Crippen molar-refractivity contribution in [3.05, 3.63) is 48.9 Å². The standard InChI is InChI=1S/C11H13ClN2O8S/c1-8(23(2,3)22-12(15,16)17)6-9-4-5-10(13(18)19)7-11(9)14(20)21/h4-7H,1-3H3/b8-6+. The topological polar surface area (TPSA) is 165 Å². The van der Waals surface area contributed by atoms with Gasteiger partial charge in [0, 0.05) is 33.8 Å². The van der Waals surface area contributed by atoms with E-state index in [9.17, 15) is 34.2 Å². The lowest BCUT2D eigenvalue weighted by atomic mass is 10.1. The number of nitro benzene ring substituents is 2. The summed E-state index contributed by atoms with van der Waals surface area (Å²) in [6.07, 6.45) is 4.01. The molecule has 0 amide bonds. The second-order valence-electron chi connectivity index (χ2n) is 4.69. The first-order valence-electron chi connectivity index (χ1n) is 5.80. The van der Waals surface area contributed by atoms with Crippen LogP contribution in [-0.2, 0) is 3.74 Å². The Morgan fingerprint density at radius 3 is 2.17 bits per heavy atom. The van der Waals surface area contributed by atoms with E-state index in [0.717, 1.165) is 12.1 Å². The molecule has 0 aliphatic rings. The quantitative estimate of drug-likeness (QED) is 0.489. The average Bonchev–Trinajstić information content (AvgIpc) is 2.35. The van der Waals surface area contributed by atoms with Crippen molar-refractivity contribution in [1.29, 1.82) is 0 Å². The minimum Gasteiger partial charge on any atom is -0.258 e. The smallest absolute Gasteiger partial charge is 0.258 e. The number of rotatable bonds is 6. The monoisotopic (exact) mass is 368 g/mol. The molecule has 23 heavy (non-hydrogen) atoms. The van der Waals surface area contributed by atoms with Crippen LogP contribution in [0.2, 0.25) is 0 Å². The van der Waals surface area contributed by atoms with E-state index in [1.807, 2.05) is 0 Å². The molecule has 0 spiro atoms. The summed E-state index contributed by atoms with van der Waals surface area (Å²) in [5, 5.41) is 21.7. The Labute approximate surface area is 134 Å². The van der Waals surface area contributed by atoms with Crippen molar-refractivity contribution in [2.45, 2.75) is 6.92 Å². The van der Waals surface area contributed by atoms with Crippen LogP contribution in [0, 0.1) is 30.5 Å². The molecule has 0 unspecified atom stereocenters. The zero-order valence-electron chi connectivity index (χ0n) is 12.3. The summed E-state index contributed by atoms with van der Waals surface area (Å²) < 4.78 is 36.6. The van der Waals surface area contributed by atoms with Gasteiger partial charge in [-0.2, -0.15) is 14.0 Å². The molecular formula is C11H13ClN2O8S. The maximum Gasteiger partial charge on any atom is 0.283 e. The molecule has 0 N–H and O–H groups in total. The molecule has 1 rings (SSSR count). The molecule has 0 aliphatic heterocycles. The summed E-state index contributed by atoms with van der Waals surface area (Å²) in [6.45, 7) is 1.45. The van der Waals surface area contributed by atoms with Gasteiger partial charge in [-0.1, -0.05) is 0 Å². The number of nitrogens with zero attached hydrogens (tertiary/aromatic N) is 2. The van der Waals surface area contributed by atoms with Crippen molar-refractivity contribution in [3.8, 4) is 0 Å². The molecule has 0 bridgehead atoms. The van der Waals surface area contributed by atoms with E-state index in [0.29, 0.717) is 0 Å². The number of hydrogen-bond donors (Lipinski definition) is 0. The van der Waals surface area contributed by atoms with Crippen LogP contribution in [0.5, 0.6) is 0 Å². The SMILES string of the molecule is C/C(=C\c1ccc([N+](=O)[O-])cc1[N+](=O)[O-])S(C)(C)O[Cl+3]([O-])([O-])[O-]. The van der Waals surface area contributed by atoms with Crippen molar-refractivity contribution < 1.29 is 37.8 Å². The molecule has 12 heteroatoms. The minimum atomic E-state index is -4.66. The highest BCUT2D eigenvalue weighted by atomic mass is 35.7. The number of nitro groups is 2. The van der Waals surface area contributed by atoms with Gasteiger partial charge in [-0.3, -0.25) is 20.2 Å². The molecule has 0 aliphatic carbocycles. The molecule has 10 nitrogen and oxygen atoms in total. The predicted octanol–water partition coefficient (Wildman–Crippen LogP) is -0.243. The third kappa shape index (κ3) is 5.42. The van der Waals surface area contributed by atoms with E-state index in [2.05, 4.69) is 3.74 Å². The summed E-state index contributed by atoms with van der Waals surface area (Å²) in [5.41, 5.74) is -0.937. The van der Waals surface area contributed by atoms with Crippen molar-refractivity contribution in [2.75, 3.05) is 12.5 Å². The zero-order chi connectivity index (χ0) is 18.0. The van der Waals surface area contributed by atoms with Crippen molar-refractivity contribution in [3.63, 3.8) is 0 Å². The molecule has 0 saturated carbocycles. The minimum absolute atomic E-state index is 0.0299. The molecular weight excluding hydrogens is 356 g/mol. The van der Waals surface area contributed by atoms with Gasteiger partial charge in [0.15, 0.2) is 0 Å². The number of hydrogen-bond acceptors (Lipinski definition) is 8. The maximum absolute atomic E-state index is 11.0. The molecule has 0 heterocycles.